The molecule has 128 valence electrons. The number of hydrogen-bond acceptors (Lipinski definition) is 5. The van der Waals surface area contributed by atoms with Gasteiger partial charge in [-0.3, -0.25) is 0 Å². The van der Waals surface area contributed by atoms with Gasteiger partial charge in [0.05, 0.1) is 29.4 Å². The molecule has 1 aromatic heterocycles. The maximum absolute atomic E-state index is 13.0. The molecule has 0 aliphatic carbocycles. The molecule has 25 heavy (non-hydrogen) atoms. The van der Waals surface area contributed by atoms with E-state index in [0.29, 0.717) is 17.1 Å². The molecule has 1 aromatic carbocycles. The van der Waals surface area contributed by atoms with Crippen molar-refractivity contribution in [2.75, 3.05) is 12.4 Å². The molecule has 0 saturated heterocycles. The second-order valence-corrected chi connectivity index (χ2v) is 6.02. The molecule has 0 amide bonds. The lowest BCUT2D eigenvalue weighted by Gasteiger charge is -2.13. The fourth-order valence-electron chi connectivity index (χ4n) is 2.03. The Morgan fingerprint density at radius 2 is 1.96 bits per heavy atom. The molecular formula is C17H12F3N3OS. The van der Waals surface area contributed by atoms with Crippen molar-refractivity contribution in [1.82, 2.24) is 4.98 Å². The molecule has 2 aromatic rings. The highest BCUT2D eigenvalue weighted by Crippen LogP contribution is 2.35. The number of pyridine rings is 1. The molecule has 0 fully saturated rings. The Kier molecular flexibility index (Phi) is 5.89. The third-order valence-corrected chi connectivity index (χ3v) is 4.03. The smallest absolute Gasteiger partial charge is 0.417 e. The van der Waals surface area contributed by atoms with E-state index in [9.17, 15) is 13.2 Å². The zero-order valence-electron chi connectivity index (χ0n) is 13.1. The first-order valence-corrected chi connectivity index (χ1v) is 8.08. The lowest BCUT2D eigenvalue weighted by molar-refractivity contribution is -0.138. The molecule has 0 aliphatic heterocycles. The maximum Gasteiger partial charge on any atom is 0.417 e. The zero-order valence-corrected chi connectivity index (χ0v) is 13.9. The van der Waals surface area contributed by atoms with Crippen LogP contribution in [0.2, 0.25) is 0 Å². The van der Waals surface area contributed by atoms with Gasteiger partial charge in [-0.15, -0.1) is 11.8 Å². The van der Waals surface area contributed by atoms with E-state index < -0.39 is 17.3 Å². The van der Waals surface area contributed by atoms with Crippen LogP contribution in [0.15, 0.2) is 35.4 Å². The largest absolute Gasteiger partial charge is 0.493 e. The first-order chi connectivity index (χ1) is 11.8. The van der Waals surface area contributed by atoms with Gasteiger partial charge in [-0.1, -0.05) is 6.07 Å². The van der Waals surface area contributed by atoms with Gasteiger partial charge in [0, 0.05) is 11.4 Å². The summed E-state index contributed by atoms with van der Waals surface area (Å²) < 4.78 is 44.6. The maximum atomic E-state index is 13.0. The van der Waals surface area contributed by atoms with E-state index in [0.717, 1.165) is 17.8 Å². The van der Waals surface area contributed by atoms with E-state index in [1.807, 2.05) is 6.07 Å². The van der Waals surface area contributed by atoms with Gasteiger partial charge >= 0.3 is 6.18 Å². The standard InChI is InChI=1S/C17H12F3N3OS/c1-11-7-15(17(18,19)20)14(10-22)16(23-11)25-6-5-24-13-4-2-3-12(8-13)9-21/h2-4,7-8H,5-6H2,1H3. The van der Waals surface area contributed by atoms with Crippen LogP contribution in [-0.4, -0.2) is 17.3 Å². The van der Waals surface area contributed by atoms with Crippen molar-refractivity contribution >= 4 is 11.8 Å². The van der Waals surface area contributed by atoms with Gasteiger partial charge in [-0.05, 0) is 31.2 Å². The summed E-state index contributed by atoms with van der Waals surface area (Å²) in [6.45, 7) is 1.64. The molecule has 0 bridgehead atoms. The number of alkyl halides is 3. The molecule has 0 unspecified atom stereocenters. The molecule has 0 spiro atoms. The van der Waals surface area contributed by atoms with Crippen LogP contribution in [0, 0.1) is 29.6 Å². The second kappa shape index (κ2) is 7.91. The lowest BCUT2D eigenvalue weighted by Crippen LogP contribution is -2.11. The molecule has 0 N–H and O–H groups in total. The first kappa shape index (κ1) is 18.6. The molecule has 0 aliphatic rings. The number of nitrogens with zero attached hydrogens (tertiary/aromatic N) is 3. The van der Waals surface area contributed by atoms with Gasteiger partial charge in [0.15, 0.2) is 0 Å². The highest BCUT2D eigenvalue weighted by molar-refractivity contribution is 7.99. The molecule has 8 heteroatoms. The quantitative estimate of drug-likeness (QED) is 0.584. The Morgan fingerprint density at radius 3 is 2.60 bits per heavy atom. The van der Waals surface area contributed by atoms with Gasteiger partial charge in [-0.25, -0.2) is 4.98 Å². The predicted octanol–water partition coefficient (Wildman–Crippen LogP) is 4.32. The van der Waals surface area contributed by atoms with Crippen molar-refractivity contribution in [3.63, 3.8) is 0 Å². The minimum atomic E-state index is -4.61. The first-order valence-electron chi connectivity index (χ1n) is 7.10. The summed E-state index contributed by atoms with van der Waals surface area (Å²) in [6, 6.07) is 11.0. The van der Waals surface area contributed by atoms with E-state index >= 15 is 0 Å². The topological polar surface area (TPSA) is 69.7 Å². The van der Waals surface area contributed by atoms with E-state index in [1.165, 1.54) is 6.92 Å². The third-order valence-electron chi connectivity index (χ3n) is 3.09. The van der Waals surface area contributed by atoms with Crippen molar-refractivity contribution in [2.24, 2.45) is 0 Å². The van der Waals surface area contributed by atoms with Crippen molar-refractivity contribution in [3.05, 3.63) is 52.7 Å². The molecule has 1 heterocycles. The lowest BCUT2D eigenvalue weighted by atomic mass is 10.1. The van der Waals surface area contributed by atoms with Gasteiger partial charge < -0.3 is 4.74 Å². The summed E-state index contributed by atoms with van der Waals surface area (Å²) in [5.74, 6) is 0.799. The average Bonchev–Trinajstić information content (AvgIpc) is 2.57. The summed E-state index contributed by atoms with van der Waals surface area (Å²) >= 11 is 1.02. The summed E-state index contributed by atoms with van der Waals surface area (Å²) in [7, 11) is 0. The Morgan fingerprint density at radius 1 is 1.20 bits per heavy atom. The summed E-state index contributed by atoms with van der Waals surface area (Å²) in [4.78, 5) is 4.03. The molecule has 0 atom stereocenters. The van der Waals surface area contributed by atoms with Crippen LogP contribution >= 0.6 is 11.8 Å². The van der Waals surface area contributed by atoms with Gasteiger partial charge in [0.2, 0.25) is 0 Å². The van der Waals surface area contributed by atoms with Crippen LogP contribution < -0.4 is 4.74 Å². The van der Waals surface area contributed by atoms with Crippen LogP contribution in [-0.2, 0) is 6.18 Å². The minimum absolute atomic E-state index is 0.0317. The van der Waals surface area contributed by atoms with Crippen LogP contribution in [0.5, 0.6) is 5.75 Å². The number of aromatic nitrogens is 1. The van der Waals surface area contributed by atoms with Crippen LogP contribution in [0.3, 0.4) is 0 Å². The van der Waals surface area contributed by atoms with Crippen LogP contribution in [0.1, 0.15) is 22.4 Å². The SMILES string of the molecule is Cc1cc(C(F)(F)F)c(C#N)c(SCCOc2cccc(C#N)c2)n1. The van der Waals surface area contributed by atoms with Crippen molar-refractivity contribution in [3.8, 4) is 17.9 Å². The number of thioether (sulfide) groups is 1. The van der Waals surface area contributed by atoms with Crippen molar-refractivity contribution < 1.29 is 17.9 Å². The summed E-state index contributed by atoms with van der Waals surface area (Å²) in [5.41, 5.74) is -0.814. The van der Waals surface area contributed by atoms with E-state index in [2.05, 4.69) is 4.98 Å². The van der Waals surface area contributed by atoms with Crippen LogP contribution in [0.25, 0.3) is 0 Å². The number of benzene rings is 1. The number of hydrogen-bond donors (Lipinski definition) is 0. The normalized spacial score (nSPS) is 10.8. The molecule has 2 rings (SSSR count). The molecule has 4 nitrogen and oxygen atoms in total. The Bertz CT molecular complexity index is 854. The highest BCUT2D eigenvalue weighted by Gasteiger charge is 2.35. The summed E-state index contributed by atoms with van der Waals surface area (Å²) in [6.07, 6.45) is -4.61. The highest BCUT2D eigenvalue weighted by atomic mass is 32.2. The van der Waals surface area contributed by atoms with Crippen molar-refractivity contribution in [2.45, 2.75) is 18.1 Å². The zero-order chi connectivity index (χ0) is 18.4. The number of aryl methyl sites for hydroxylation is 1. The van der Waals surface area contributed by atoms with Crippen LogP contribution in [0.4, 0.5) is 13.2 Å². The predicted molar refractivity (Wildman–Crippen MR) is 86.1 cm³/mol. The fourth-order valence-corrected chi connectivity index (χ4v) is 2.90. The van der Waals surface area contributed by atoms with Gasteiger partial charge in [0.1, 0.15) is 16.8 Å². The Labute approximate surface area is 146 Å². The number of ether oxygens (including phenoxy) is 1. The van der Waals surface area contributed by atoms with Gasteiger partial charge in [0.25, 0.3) is 0 Å². The Hall–Kier alpha value is -2.71. The minimum Gasteiger partial charge on any atom is -0.493 e. The number of rotatable bonds is 5. The van der Waals surface area contributed by atoms with E-state index in [1.54, 1.807) is 30.3 Å². The summed E-state index contributed by atoms with van der Waals surface area (Å²) in [5, 5.41) is 17.9. The molecule has 0 saturated carbocycles. The average molecular weight is 363 g/mol. The van der Waals surface area contributed by atoms with E-state index in [-0.39, 0.29) is 17.3 Å². The van der Waals surface area contributed by atoms with Crippen molar-refractivity contribution in [1.29, 1.82) is 10.5 Å². The number of halogens is 3. The molecular weight excluding hydrogens is 351 g/mol. The third kappa shape index (κ3) is 4.88. The monoisotopic (exact) mass is 363 g/mol. The van der Waals surface area contributed by atoms with Gasteiger partial charge in [-0.2, -0.15) is 23.7 Å². The Balaban J connectivity index is 2.07. The van der Waals surface area contributed by atoms with E-state index in [4.69, 9.17) is 15.3 Å². The molecule has 0 radical (unpaired) electrons. The second-order valence-electron chi connectivity index (χ2n) is 4.94. The number of nitriles is 2. The fraction of sp³-hybridized carbons (Fsp3) is 0.235.